The predicted octanol–water partition coefficient (Wildman–Crippen LogP) is 3.06. The summed E-state index contributed by atoms with van der Waals surface area (Å²) >= 11 is 6.57. The van der Waals surface area contributed by atoms with E-state index in [1.165, 1.54) is 0 Å². The van der Waals surface area contributed by atoms with E-state index in [4.69, 9.17) is 4.74 Å². The van der Waals surface area contributed by atoms with Crippen LogP contribution in [0.2, 0.25) is 0 Å². The highest BCUT2D eigenvalue weighted by Gasteiger charge is 2.29. The number of methoxy groups -OCH3 is 1. The zero-order valence-electron chi connectivity index (χ0n) is 10.4. The first-order valence-electron chi connectivity index (χ1n) is 5.92. The highest BCUT2D eigenvalue weighted by Crippen LogP contribution is 2.28. The number of halogens is 2. The highest BCUT2D eigenvalue weighted by atomic mass is 79.9. The third kappa shape index (κ3) is 3.78. The number of rotatable bonds is 4. The maximum absolute atomic E-state index is 12.4. The van der Waals surface area contributed by atoms with Crippen LogP contribution in [0.25, 0.3) is 0 Å². The average molecular weight is 413 g/mol. The fraction of sp³-hybridized carbons (Fsp3) is 0.500. The maximum atomic E-state index is 12.4. The minimum Gasteiger partial charge on any atom is -0.381 e. The molecule has 0 aliphatic heterocycles. The lowest BCUT2D eigenvalue weighted by molar-refractivity contribution is 0.107. The van der Waals surface area contributed by atoms with Gasteiger partial charge in [0.15, 0.2) is 0 Å². The molecule has 106 valence electrons. The third-order valence-corrected chi connectivity index (χ3v) is 6.23. The van der Waals surface area contributed by atoms with Crippen molar-refractivity contribution in [3.63, 3.8) is 0 Å². The average Bonchev–Trinajstić information content (AvgIpc) is 2.79. The lowest BCUT2D eigenvalue weighted by Gasteiger charge is -2.14. The van der Waals surface area contributed by atoms with E-state index in [0.717, 1.165) is 23.7 Å². The quantitative estimate of drug-likeness (QED) is 0.826. The minimum absolute atomic E-state index is 0.0548. The molecule has 0 saturated heterocycles. The summed E-state index contributed by atoms with van der Waals surface area (Å²) in [5.41, 5.74) is 0. The first-order chi connectivity index (χ1) is 8.92. The molecule has 2 atom stereocenters. The van der Waals surface area contributed by atoms with Gasteiger partial charge in [-0.15, -0.1) is 0 Å². The van der Waals surface area contributed by atoms with Crippen LogP contribution in [-0.4, -0.2) is 27.7 Å². The number of nitrogens with one attached hydrogen (secondary N) is 1. The van der Waals surface area contributed by atoms with Gasteiger partial charge in [0, 0.05) is 22.1 Å². The second-order valence-corrected chi connectivity index (χ2v) is 8.02. The Kier molecular flexibility index (Phi) is 5.05. The van der Waals surface area contributed by atoms with Crippen LogP contribution in [0, 0.1) is 0 Å². The van der Waals surface area contributed by atoms with E-state index < -0.39 is 10.0 Å². The SMILES string of the molecule is COC1CCC(NS(=O)(=O)c2cc(Br)ccc2Br)C1. The molecule has 1 aromatic rings. The van der Waals surface area contributed by atoms with E-state index in [1.807, 2.05) is 0 Å². The van der Waals surface area contributed by atoms with Crippen molar-refractivity contribution in [2.75, 3.05) is 7.11 Å². The molecule has 1 N–H and O–H groups in total. The van der Waals surface area contributed by atoms with Crippen molar-refractivity contribution >= 4 is 41.9 Å². The van der Waals surface area contributed by atoms with E-state index in [1.54, 1.807) is 25.3 Å². The van der Waals surface area contributed by atoms with Gasteiger partial charge in [-0.1, -0.05) is 15.9 Å². The van der Waals surface area contributed by atoms with Gasteiger partial charge in [0.1, 0.15) is 0 Å². The standard InChI is InChI=1S/C12H15Br2NO3S/c1-18-10-4-3-9(7-10)15-19(16,17)12-6-8(13)2-5-11(12)14/h2,5-6,9-10,15H,3-4,7H2,1H3. The molecule has 19 heavy (non-hydrogen) atoms. The van der Waals surface area contributed by atoms with Gasteiger partial charge in [0.05, 0.1) is 11.0 Å². The Bertz CT molecular complexity index is 562. The van der Waals surface area contributed by atoms with Gasteiger partial charge in [-0.05, 0) is 53.4 Å². The van der Waals surface area contributed by atoms with Crippen molar-refractivity contribution in [2.24, 2.45) is 0 Å². The third-order valence-electron chi connectivity index (χ3n) is 3.22. The van der Waals surface area contributed by atoms with Gasteiger partial charge < -0.3 is 4.74 Å². The monoisotopic (exact) mass is 411 g/mol. The summed E-state index contributed by atoms with van der Waals surface area (Å²) in [5.74, 6) is 0. The van der Waals surface area contributed by atoms with Crippen molar-refractivity contribution in [2.45, 2.75) is 36.3 Å². The molecule has 0 amide bonds. The second kappa shape index (κ2) is 6.22. The summed E-state index contributed by atoms with van der Waals surface area (Å²) < 4.78 is 34.0. The van der Waals surface area contributed by atoms with Gasteiger partial charge in [-0.2, -0.15) is 0 Å². The number of benzene rings is 1. The molecular weight excluding hydrogens is 398 g/mol. The summed E-state index contributed by atoms with van der Waals surface area (Å²) in [6.45, 7) is 0. The molecule has 0 spiro atoms. The number of hydrogen-bond donors (Lipinski definition) is 1. The van der Waals surface area contributed by atoms with Crippen molar-refractivity contribution < 1.29 is 13.2 Å². The van der Waals surface area contributed by atoms with E-state index in [2.05, 4.69) is 36.6 Å². The molecule has 1 aliphatic carbocycles. The first-order valence-corrected chi connectivity index (χ1v) is 8.99. The topological polar surface area (TPSA) is 55.4 Å². The molecule has 2 unspecified atom stereocenters. The summed E-state index contributed by atoms with van der Waals surface area (Å²) in [4.78, 5) is 0.253. The van der Waals surface area contributed by atoms with Crippen LogP contribution in [0.4, 0.5) is 0 Å². The summed E-state index contributed by atoms with van der Waals surface area (Å²) in [5, 5.41) is 0. The second-order valence-electron chi connectivity index (χ2n) is 4.56. The van der Waals surface area contributed by atoms with Gasteiger partial charge >= 0.3 is 0 Å². The molecule has 1 aromatic carbocycles. The number of sulfonamides is 1. The van der Waals surface area contributed by atoms with Crippen LogP contribution < -0.4 is 4.72 Å². The molecule has 0 radical (unpaired) electrons. The minimum atomic E-state index is -3.51. The Labute approximate surface area is 130 Å². The normalized spacial score (nSPS) is 23.7. The Morgan fingerprint density at radius 3 is 2.68 bits per heavy atom. The molecule has 1 saturated carbocycles. The molecule has 0 bridgehead atoms. The largest absolute Gasteiger partial charge is 0.381 e. The zero-order chi connectivity index (χ0) is 14.0. The fourth-order valence-corrected chi connectivity index (χ4v) is 5.01. The zero-order valence-corrected chi connectivity index (χ0v) is 14.4. The molecule has 0 heterocycles. The Morgan fingerprint density at radius 2 is 2.05 bits per heavy atom. The van der Waals surface area contributed by atoms with Crippen LogP contribution in [0.15, 0.2) is 32.0 Å². The summed E-state index contributed by atoms with van der Waals surface area (Å²) in [7, 11) is -1.85. The van der Waals surface area contributed by atoms with Crippen LogP contribution >= 0.6 is 31.9 Å². The molecule has 2 rings (SSSR count). The molecule has 1 fully saturated rings. The lowest BCUT2D eigenvalue weighted by atomic mass is 10.3. The van der Waals surface area contributed by atoms with Crippen molar-refractivity contribution in [1.29, 1.82) is 0 Å². The van der Waals surface area contributed by atoms with Gasteiger partial charge in [0.2, 0.25) is 10.0 Å². The van der Waals surface area contributed by atoms with E-state index in [9.17, 15) is 8.42 Å². The van der Waals surface area contributed by atoms with Gasteiger partial charge in [-0.3, -0.25) is 0 Å². The summed E-state index contributed by atoms with van der Waals surface area (Å²) in [6.07, 6.45) is 2.58. The number of ether oxygens (including phenoxy) is 1. The Balaban J connectivity index is 2.17. The van der Waals surface area contributed by atoms with Crippen LogP contribution in [0.1, 0.15) is 19.3 Å². The fourth-order valence-electron chi connectivity index (χ4n) is 2.23. The van der Waals surface area contributed by atoms with E-state index in [-0.39, 0.29) is 17.0 Å². The van der Waals surface area contributed by atoms with Crippen LogP contribution in [-0.2, 0) is 14.8 Å². The Hall–Kier alpha value is 0.0500. The highest BCUT2D eigenvalue weighted by molar-refractivity contribution is 9.11. The van der Waals surface area contributed by atoms with E-state index in [0.29, 0.717) is 4.47 Å². The maximum Gasteiger partial charge on any atom is 0.241 e. The molecule has 7 heteroatoms. The smallest absolute Gasteiger partial charge is 0.241 e. The van der Waals surface area contributed by atoms with Gasteiger partial charge in [-0.25, -0.2) is 13.1 Å². The first kappa shape index (κ1) is 15.4. The predicted molar refractivity (Wildman–Crippen MR) is 80.6 cm³/mol. The van der Waals surface area contributed by atoms with Crippen LogP contribution in [0.5, 0.6) is 0 Å². The van der Waals surface area contributed by atoms with Crippen molar-refractivity contribution in [1.82, 2.24) is 4.72 Å². The van der Waals surface area contributed by atoms with Gasteiger partial charge in [0.25, 0.3) is 0 Å². The Morgan fingerprint density at radius 1 is 1.32 bits per heavy atom. The van der Waals surface area contributed by atoms with Crippen molar-refractivity contribution in [3.8, 4) is 0 Å². The number of hydrogen-bond acceptors (Lipinski definition) is 3. The van der Waals surface area contributed by atoms with E-state index >= 15 is 0 Å². The van der Waals surface area contributed by atoms with Crippen LogP contribution in [0.3, 0.4) is 0 Å². The molecule has 0 aromatic heterocycles. The molecule has 4 nitrogen and oxygen atoms in total. The molecular formula is C12H15Br2NO3S. The molecule has 1 aliphatic rings. The summed E-state index contributed by atoms with van der Waals surface area (Å²) in [6, 6.07) is 5.04. The lowest BCUT2D eigenvalue weighted by Crippen LogP contribution is -2.33. The van der Waals surface area contributed by atoms with Crippen molar-refractivity contribution in [3.05, 3.63) is 27.1 Å².